The van der Waals surface area contributed by atoms with Crippen molar-refractivity contribution in [2.24, 2.45) is 0 Å². The van der Waals surface area contributed by atoms with E-state index < -0.39 is 5.97 Å². The number of carbonyl (C=O) groups is 1. The first kappa shape index (κ1) is 22.9. The number of aryl methyl sites for hydroxylation is 1. The van der Waals surface area contributed by atoms with Crippen LogP contribution in [0.5, 0.6) is 5.75 Å². The van der Waals surface area contributed by atoms with Crippen LogP contribution in [0.1, 0.15) is 52.4 Å². The highest BCUT2D eigenvalue weighted by Gasteiger charge is 2.32. The minimum absolute atomic E-state index is 0.115. The van der Waals surface area contributed by atoms with Crippen molar-refractivity contribution in [3.63, 3.8) is 0 Å². The van der Waals surface area contributed by atoms with Crippen molar-refractivity contribution in [1.82, 2.24) is 9.88 Å². The van der Waals surface area contributed by atoms with Crippen molar-refractivity contribution in [2.75, 3.05) is 26.9 Å². The van der Waals surface area contributed by atoms with Gasteiger partial charge in [0, 0.05) is 48.4 Å². The Morgan fingerprint density at radius 3 is 2.71 bits per heavy atom. The first-order valence-corrected chi connectivity index (χ1v) is 12.0. The fraction of sp³-hybridized carbons (Fsp3) is 0.444. The smallest absolute Gasteiger partial charge is 0.335 e. The van der Waals surface area contributed by atoms with E-state index in [0.29, 0.717) is 12.2 Å². The molecule has 0 bridgehead atoms. The summed E-state index contributed by atoms with van der Waals surface area (Å²) in [7, 11) is 1.72. The number of fused-ring (bicyclic) bond motifs is 1. The second kappa shape index (κ2) is 9.78. The van der Waals surface area contributed by atoms with Crippen LogP contribution in [0.4, 0.5) is 0 Å². The summed E-state index contributed by atoms with van der Waals surface area (Å²) in [5.41, 5.74) is 4.87. The van der Waals surface area contributed by atoms with E-state index in [1.807, 2.05) is 18.3 Å². The minimum Gasteiger partial charge on any atom is -0.496 e. The first-order chi connectivity index (χ1) is 16.5. The molecule has 180 valence electrons. The highest BCUT2D eigenvalue weighted by molar-refractivity contribution is 5.88. The van der Waals surface area contributed by atoms with Gasteiger partial charge >= 0.3 is 5.97 Å². The van der Waals surface area contributed by atoms with Crippen molar-refractivity contribution >= 4 is 16.9 Å². The number of nitrogens with zero attached hydrogens (tertiary/aromatic N) is 1. The summed E-state index contributed by atoms with van der Waals surface area (Å²) < 4.78 is 17.6. The van der Waals surface area contributed by atoms with Gasteiger partial charge in [-0.3, -0.25) is 4.90 Å². The van der Waals surface area contributed by atoms with Crippen LogP contribution in [-0.2, 0) is 16.0 Å². The molecule has 7 nitrogen and oxygen atoms in total. The molecule has 0 amide bonds. The third kappa shape index (κ3) is 4.56. The lowest BCUT2D eigenvalue weighted by atomic mass is 9.91. The predicted molar refractivity (Wildman–Crippen MR) is 129 cm³/mol. The molecule has 0 saturated carbocycles. The molecule has 0 spiro atoms. The number of methoxy groups -OCH3 is 1. The van der Waals surface area contributed by atoms with E-state index in [4.69, 9.17) is 14.2 Å². The van der Waals surface area contributed by atoms with Gasteiger partial charge in [-0.05, 0) is 61.6 Å². The zero-order valence-electron chi connectivity index (χ0n) is 19.8. The molecule has 1 aromatic heterocycles. The number of aromatic amines is 1. The van der Waals surface area contributed by atoms with Crippen LogP contribution < -0.4 is 4.74 Å². The highest BCUT2D eigenvalue weighted by atomic mass is 16.6. The van der Waals surface area contributed by atoms with Gasteiger partial charge in [0.05, 0.1) is 31.5 Å². The predicted octanol–water partition coefficient (Wildman–Crippen LogP) is 4.69. The Morgan fingerprint density at radius 1 is 1.24 bits per heavy atom. The Balaban J connectivity index is 1.42. The molecular formula is C27H32N2O5. The van der Waals surface area contributed by atoms with Crippen molar-refractivity contribution in [3.8, 4) is 5.75 Å². The molecule has 0 aliphatic carbocycles. The lowest BCUT2D eigenvalue weighted by Gasteiger charge is -2.40. The number of H-pyrrole nitrogens is 1. The van der Waals surface area contributed by atoms with E-state index in [1.165, 1.54) is 10.9 Å². The number of carboxylic acid groups (broad SMARTS) is 1. The maximum Gasteiger partial charge on any atom is 0.335 e. The number of aromatic nitrogens is 1. The van der Waals surface area contributed by atoms with Gasteiger partial charge in [-0.15, -0.1) is 0 Å². The second-order valence-corrected chi connectivity index (χ2v) is 9.32. The zero-order valence-corrected chi connectivity index (χ0v) is 19.8. The molecule has 2 aromatic carbocycles. The second-order valence-electron chi connectivity index (χ2n) is 9.32. The minimum atomic E-state index is -0.909. The van der Waals surface area contributed by atoms with E-state index in [2.05, 4.69) is 28.9 Å². The van der Waals surface area contributed by atoms with Crippen molar-refractivity contribution in [1.29, 1.82) is 0 Å². The average molecular weight is 465 g/mol. The number of carboxylic acids is 1. The molecule has 2 fully saturated rings. The molecule has 7 heteroatoms. The zero-order chi connectivity index (χ0) is 23.7. The fourth-order valence-electron chi connectivity index (χ4n) is 5.16. The molecule has 3 aromatic rings. The van der Waals surface area contributed by atoms with E-state index in [9.17, 15) is 9.90 Å². The van der Waals surface area contributed by atoms with Crippen LogP contribution in [0.25, 0.3) is 10.9 Å². The van der Waals surface area contributed by atoms with E-state index in [-0.39, 0.29) is 18.2 Å². The molecule has 2 N–H and O–H groups in total. The van der Waals surface area contributed by atoms with Gasteiger partial charge in [0.1, 0.15) is 5.75 Å². The van der Waals surface area contributed by atoms with Crippen LogP contribution in [-0.4, -0.2) is 60.0 Å². The topological polar surface area (TPSA) is 84.0 Å². The summed E-state index contributed by atoms with van der Waals surface area (Å²) in [6.45, 7) is 5.18. The number of ether oxygens (including phenoxy) is 3. The first-order valence-electron chi connectivity index (χ1n) is 12.0. The molecule has 0 radical (unpaired) electrons. The summed E-state index contributed by atoms with van der Waals surface area (Å²) in [4.78, 5) is 17.2. The van der Waals surface area contributed by atoms with E-state index in [1.54, 1.807) is 19.2 Å². The highest BCUT2D eigenvalue weighted by Crippen LogP contribution is 2.38. The molecule has 2 saturated heterocycles. The molecule has 3 atom stereocenters. The van der Waals surface area contributed by atoms with Crippen LogP contribution in [0.3, 0.4) is 0 Å². The normalized spacial score (nSPS) is 23.1. The number of hydrogen-bond donors (Lipinski definition) is 2. The summed E-state index contributed by atoms with van der Waals surface area (Å²) in [5.74, 6) is -0.0157. The third-order valence-electron chi connectivity index (χ3n) is 7.21. The quantitative estimate of drug-likeness (QED) is 0.503. The SMILES string of the molecule is COc1cc(C)c2[nH]ccc2c1CN1CC[C@@H](OCC2CCO2)C[C@@H]1c1ccc(C(=O)O)cc1. The van der Waals surface area contributed by atoms with Gasteiger partial charge < -0.3 is 24.3 Å². The van der Waals surface area contributed by atoms with Crippen molar-refractivity contribution in [2.45, 2.75) is 51.0 Å². The standard InChI is InChI=1S/C27H32N2O5/c1-17-13-25(32-2)23(22-7-10-28-26(17)22)15-29-11-8-20(34-16-21-9-12-33-21)14-24(29)18-3-5-19(6-4-18)27(30)31/h3-7,10,13,20-21,24,28H,8-9,11-12,14-16H2,1-2H3,(H,30,31)/t20-,21?,24-/m1/s1. The Hall–Kier alpha value is -2.87. The number of likely N-dealkylation sites (tertiary alicyclic amines) is 1. The fourth-order valence-corrected chi connectivity index (χ4v) is 5.16. The van der Waals surface area contributed by atoms with Gasteiger partial charge in [-0.25, -0.2) is 4.79 Å². The van der Waals surface area contributed by atoms with Crippen LogP contribution >= 0.6 is 0 Å². The largest absolute Gasteiger partial charge is 0.496 e. The third-order valence-corrected chi connectivity index (χ3v) is 7.21. The monoisotopic (exact) mass is 464 g/mol. The van der Waals surface area contributed by atoms with Gasteiger partial charge in [0.25, 0.3) is 0 Å². The Kier molecular flexibility index (Phi) is 6.59. The average Bonchev–Trinajstić information content (AvgIpc) is 3.31. The Morgan fingerprint density at radius 2 is 2.03 bits per heavy atom. The van der Waals surface area contributed by atoms with Crippen LogP contribution in [0.2, 0.25) is 0 Å². The summed E-state index contributed by atoms with van der Waals surface area (Å²) in [5, 5.41) is 10.5. The van der Waals surface area contributed by atoms with E-state index >= 15 is 0 Å². The lowest BCUT2D eigenvalue weighted by molar-refractivity contribution is -0.120. The Labute approximate surface area is 199 Å². The molecule has 34 heavy (non-hydrogen) atoms. The Bertz CT molecular complexity index is 1150. The molecule has 5 rings (SSSR count). The summed E-state index contributed by atoms with van der Waals surface area (Å²) in [6.07, 6.45) is 5.22. The molecule has 2 aliphatic heterocycles. The summed E-state index contributed by atoms with van der Waals surface area (Å²) >= 11 is 0. The molecule has 3 heterocycles. The number of hydrogen-bond acceptors (Lipinski definition) is 5. The summed E-state index contributed by atoms with van der Waals surface area (Å²) in [6, 6.07) is 11.6. The molecule has 1 unspecified atom stereocenters. The molecule has 2 aliphatic rings. The number of rotatable bonds is 8. The van der Waals surface area contributed by atoms with Crippen molar-refractivity contribution < 1.29 is 24.1 Å². The lowest BCUT2D eigenvalue weighted by Crippen LogP contribution is -2.41. The molecular weight excluding hydrogens is 432 g/mol. The van der Waals surface area contributed by atoms with Gasteiger partial charge in [-0.1, -0.05) is 12.1 Å². The maximum absolute atomic E-state index is 11.4. The van der Waals surface area contributed by atoms with Gasteiger partial charge in [-0.2, -0.15) is 0 Å². The maximum atomic E-state index is 11.4. The van der Waals surface area contributed by atoms with E-state index in [0.717, 1.165) is 61.4 Å². The van der Waals surface area contributed by atoms with Gasteiger partial charge in [0.15, 0.2) is 0 Å². The number of piperidine rings is 1. The van der Waals surface area contributed by atoms with Gasteiger partial charge in [0.2, 0.25) is 0 Å². The number of nitrogens with one attached hydrogen (secondary N) is 1. The van der Waals surface area contributed by atoms with Crippen molar-refractivity contribution in [3.05, 3.63) is 64.8 Å². The number of aromatic carboxylic acids is 1. The van der Waals surface area contributed by atoms with Crippen LogP contribution in [0, 0.1) is 6.92 Å². The van der Waals surface area contributed by atoms with Crippen LogP contribution in [0.15, 0.2) is 42.6 Å². The number of benzene rings is 2.